The van der Waals surface area contributed by atoms with Crippen molar-refractivity contribution >= 4 is 29.3 Å². The zero-order valence-electron chi connectivity index (χ0n) is 17.9. The van der Waals surface area contributed by atoms with E-state index >= 15 is 0 Å². The second kappa shape index (κ2) is 10.4. The van der Waals surface area contributed by atoms with Crippen molar-refractivity contribution in [2.24, 2.45) is 5.92 Å². The summed E-state index contributed by atoms with van der Waals surface area (Å²) in [5.74, 6) is -2.20. The molecule has 1 saturated heterocycles. The van der Waals surface area contributed by atoms with Crippen LogP contribution >= 0.6 is 0 Å². The van der Waals surface area contributed by atoms with E-state index in [2.05, 4.69) is 10.6 Å². The number of nitrogens with zero attached hydrogens (tertiary/aromatic N) is 1. The molecular formula is C23H24F3N3O4. The second-order valence-corrected chi connectivity index (χ2v) is 7.69. The molecule has 2 atom stereocenters. The minimum absolute atomic E-state index is 0.114. The third kappa shape index (κ3) is 6.47. The average Bonchev–Trinajstić information content (AvgIpc) is 2.79. The Morgan fingerprint density at radius 1 is 1.03 bits per heavy atom. The summed E-state index contributed by atoms with van der Waals surface area (Å²) in [5, 5.41) is 4.92. The van der Waals surface area contributed by atoms with E-state index < -0.39 is 41.3 Å². The summed E-state index contributed by atoms with van der Waals surface area (Å²) >= 11 is 0. The number of piperidine rings is 1. The Hall–Kier alpha value is -3.56. The molecule has 1 aliphatic heterocycles. The predicted octanol–water partition coefficient (Wildman–Crippen LogP) is 4.52. The molecular weight excluding hydrogens is 439 g/mol. The largest absolute Gasteiger partial charge is 0.452 e. The van der Waals surface area contributed by atoms with Gasteiger partial charge in [-0.1, -0.05) is 30.3 Å². The number of ether oxygens (including phenoxy) is 1. The molecule has 3 rings (SSSR count). The van der Waals surface area contributed by atoms with E-state index in [1.54, 1.807) is 24.3 Å². The maximum Gasteiger partial charge on any atom is 0.418 e. The standard InChI is InChI=1S/C23H24F3N3O4/c1-15(20(30)28-19-12-6-5-11-18(19)23(24,25)26)33-21(31)16-8-7-13-29(14-16)22(32)27-17-9-3-2-4-10-17/h2-6,9-12,15-16H,7-8,13-14H2,1H3,(H,27,32)(H,28,30). The maximum atomic E-state index is 13.1. The van der Waals surface area contributed by atoms with Crippen LogP contribution in [0.15, 0.2) is 54.6 Å². The number of urea groups is 1. The predicted molar refractivity (Wildman–Crippen MR) is 115 cm³/mol. The number of anilines is 2. The number of nitrogens with one attached hydrogen (secondary N) is 2. The van der Waals surface area contributed by atoms with Crippen molar-refractivity contribution in [2.75, 3.05) is 23.7 Å². The molecule has 0 radical (unpaired) electrons. The van der Waals surface area contributed by atoms with Crippen molar-refractivity contribution in [3.63, 3.8) is 0 Å². The fourth-order valence-electron chi connectivity index (χ4n) is 3.48. The number of likely N-dealkylation sites (tertiary alicyclic amines) is 1. The first-order valence-electron chi connectivity index (χ1n) is 10.4. The summed E-state index contributed by atoms with van der Waals surface area (Å²) in [6.07, 6.45) is -4.91. The molecule has 0 spiro atoms. The van der Waals surface area contributed by atoms with Gasteiger partial charge in [0, 0.05) is 18.8 Å². The minimum atomic E-state index is -4.64. The van der Waals surface area contributed by atoms with E-state index in [0.717, 1.165) is 12.1 Å². The van der Waals surface area contributed by atoms with Gasteiger partial charge in [-0.05, 0) is 44.0 Å². The molecule has 176 valence electrons. The first-order chi connectivity index (χ1) is 15.6. The SMILES string of the molecule is CC(OC(=O)C1CCCN(C(=O)Nc2ccccc2)C1)C(=O)Nc1ccccc1C(F)(F)F. The minimum Gasteiger partial charge on any atom is -0.452 e. The zero-order valence-corrected chi connectivity index (χ0v) is 17.9. The average molecular weight is 463 g/mol. The number of halogens is 3. The quantitative estimate of drug-likeness (QED) is 0.639. The van der Waals surface area contributed by atoms with Gasteiger partial charge in [0.15, 0.2) is 6.10 Å². The van der Waals surface area contributed by atoms with Crippen LogP contribution in [0.4, 0.5) is 29.3 Å². The lowest BCUT2D eigenvalue weighted by atomic mass is 9.98. The van der Waals surface area contributed by atoms with Gasteiger partial charge in [0.05, 0.1) is 17.2 Å². The summed E-state index contributed by atoms with van der Waals surface area (Å²) in [4.78, 5) is 38.9. The van der Waals surface area contributed by atoms with Gasteiger partial charge in [0.25, 0.3) is 5.91 Å². The number of para-hydroxylation sites is 2. The van der Waals surface area contributed by atoms with Crippen molar-refractivity contribution in [3.8, 4) is 0 Å². The Balaban J connectivity index is 1.56. The highest BCUT2D eigenvalue weighted by Gasteiger charge is 2.35. The van der Waals surface area contributed by atoms with Crippen LogP contribution in [0.1, 0.15) is 25.3 Å². The van der Waals surface area contributed by atoms with E-state index in [-0.39, 0.29) is 12.6 Å². The van der Waals surface area contributed by atoms with Crippen LogP contribution in [0.25, 0.3) is 0 Å². The van der Waals surface area contributed by atoms with Crippen LogP contribution in [-0.4, -0.2) is 42.0 Å². The van der Waals surface area contributed by atoms with Crippen LogP contribution < -0.4 is 10.6 Å². The van der Waals surface area contributed by atoms with Crippen molar-refractivity contribution in [1.82, 2.24) is 4.90 Å². The zero-order chi connectivity index (χ0) is 24.0. The third-order valence-electron chi connectivity index (χ3n) is 5.22. The van der Waals surface area contributed by atoms with Crippen molar-refractivity contribution in [1.29, 1.82) is 0 Å². The molecule has 0 saturated carbocycles. The number of carbonyl (C=O) groups is 3. The molecule has 2 N–H and O–H groups in total. The number of rotatable bonds is 5. The van der Waals surface area contributed by atoms with Gasteiger partial charge in [0.1, 0.15) is 0 Å². The molecule has 2 aromatic carbocycles. The van der Waals surface area contributed by atoms with Gasteiger partial charge < -0.3 is 20.3 Å². The number of benzene rings is 2. The van der Waals surface area contributed by atoms with E-state index in [1.165, 1.54) is 24.0 Å². The molecule has 10 heteroatoms. The highest BCUT2D eigenvalue weighted by molar-refractivity contribution is 5.96. The highest BCUT2D eigenvalue weighted by atomic mass is 19.4. The van der Waals surface area contributed by atoms with E-state index in [0.29, 0.717) is 25.1 Å². The second-order valence-electron chi connectivity index (χ2n) is 7.69. The Labute approximate surface area is 188 Å². The monoisotopic (exact) mass is 463 g/mol. The Morgan fingerprint density at radius 2 is 1.70 bits per heavy atom. The maximum absolute atomic E-state index is 13.1. The fraction of sp³-hybridized carbons (Fsp3) is 0.348. The van der Waals surface area contributed by atoms with Crippen LogP contribution in [0.3, 0.4) is 0 Å². The Morgan fingerprint density at radius 3 is 2.39 bits per heavy atom. The lowest BCUT2D eigenvalue weighted by molar-refractivity contribution is -0.158. The van der Waals surface area contributed by atoms with Crippen molar-refractivity contribution in [2.45, 2.75) is 32.0 Å². The molecule has 0 aromatic heterocycles. The molecule has 2 aromatic rings. The molecule has 1 aliphatic rings. The number of esters is 1. The van der Waals surface area contributed by atoms with Crippen LogP contribution in [0.5, 0.6) is 0 Å². The molecule has 7 nitrogen and oxygen atoms in total. The molecule has 0 bridgehead atoms. The van der Waals surface area contributed by atoms with Gasteiger partial charge in [-0.15, -0.1) is 0 Å². The summed E-state index contributed by atoms with van der Waals surface area (Å²) in [6, 6.07) is 13.1. The first kappa shape index (κ1) is 24.1. The Kier molecular flexibility index (Phi) is 7.57. The van der Waals surface area contributed by atoms with Crippen LogP contribution in [-0.2, 0) is 20.5 Å². The van der Waals surface area contributed by atoms with Gasteiger partial charge in [-0.25, -0.2) is 4.79 Å². The lowest BCUT2D eigenvalue weighted by Crippen LogP contribution is -2.45. The Bertz CT molecular complexity index is 998. The van der Waals surface area contributed by atoms with Gasteiger partial charge in [-0.3, -0.25) is 9.59 Å². The summed E-state index contributed by atoms with van der Waals surface area (Å²) in [6.45, 7) is 1.86. The van der Waals surface area contributed by atoms with Gasteiger partial charge in [0.2, 0.25) is 0 Å². The van der Waals surface area contributed by atoms with E-state index in [9.17, 15) is 27.6 Å². The third-order valence-corrected chi connectivity index (χ3v) is 5.22. The number of alkyl halides is 3. The summed E-state index contributed by atoms with van der Waals surface area (Å²) in [7, 11) is 0. The number of hydrogen-bond donors (Lipinski definition) is 2. The number of amides is 3. The van der Waals surface area contributed by atoms with E-state index in [1.807, 2.05) is 6.07 Å². The van der Waals surface area contributed by atoms with Crippen molar-refractivity contribution < 1.29 is 32.3 Å². The summed E-state index contributed by atoms with van der Waals surface area (Å²) < 4.78 is 44.6. The lowest BCUT2D eigenvalue weighted by Gasteiger charge is -2.32. The topological polar surface area (TPSA) is 87.7 Å². The fourth-order valence-corrected chi connectivity index (χ4v) is 3.48. The molecule has 1 heterocycles. The van der Waals surface area contributed by atoms with Gasteiger partial charge >= 0.3 is 18.2 Å². The first-order valence-corrected chi connectivity index (χ1v) is 10.4. The van der Waals surface area contributed by atoms with Crippen molar-refractivity contribution in [3.05, 3.63) is 60.2 Å². The smallest absolute Gasteiger partial charge is 0.418 e. The molecule has 2 unspecified atom stereocenters. The highest BCUT2D eigenvalue weighted by Crippen LogP contribution is 2.34. The molecule has 0 aliphatic carbocycles. The normalized spacial score (nSPS) is 17.1. The molecule has 33 heavy (non-hydrogen) atoms. The number of carbonyl (C=O) groups excluding carboxylic acids is 3. The van der Waals surface area contributed by atoms with Crippen LogP contribution in [0.2, 0.25) is 0 Å². The van der Waals surface area contributed by atoms with E-state index in [4.69, 9.17) is 4.74 Å². The molecule has 1 fully saturated rings. The van der Waals surface area contributed by atoms with Gasteiger partial charge in [-0.2, -0.15) is 13.2 Å². The number of hydrogen-bond acceptors (Lipinski definition) is 4. The van der Waals surface area contributed by atoms with Crippen LogP contribution in [0, 0.1) is 5.92 Å². The summed E-state index contributed by atoms with van der Waals surface area (Å²) in [5.41, 5.74) is -0.791. The molecule has 3 amide bonds.